The van der Waals surface area contributed by atoms with Gasteiger partial charge in [-0.25, -0.2) is 12.8 Å². The molecule has 0 aromatic heterocycles. The van der Waals surface area contributed by atoms with Crippen LogP contribution in [-0.4, -0.2) is 20.7 Å². The van der Waals surface area contributed by atoms with Crippen molar-refractivity contribution < 1.29 is 12.8 Å². The van der Waals surface area contributed by atoms with Crippen molar-refractivity contribution in [2.45, 2.75) is 4.90 Å². The number of nitriles is 1. The van der Waals surface area contributed by atoms with Crippen LogP contribution in [0, 0.1) is 17.1 Å². The van der Waals surface area contributed by atoms with Crippen molar-refractivity contribution in [3.8, 4) is 6.07 Å². The van der Waals surface area contributed by atoms with E-state index in [1.165, 1.54) is 30.3 Å². The number of halogens is 1. The minimum atomic E-state index is -3.48. The van der Waals surface area contributed by atoms with Gasteiger partial charge in [0.05, 0.1) is 22.3 Å². The van der Waals surface area contributed by atoms with Crippen LogP contribution in [0.4, 0.5) is 10.1 Å². The molecule has 0 atom stereocenters. The fourth-order valence-electron chi connectivity index (χ4n) is 1.81. The van der Waals surface area contributed by atoms with E-state index < -0.39 is 9.84 Å². The molecule has 0 spiro atoms. The SMILES string of the molecule is N#Cc1cccc(S(=O)(=O)CCNc2cccc(F)c2)c1. The highest BCUT2D eigenvalue weighted by Gasteiger charge is 2.14. The lowest BCUT2D eigenvalue weighted by molar-refractivity contribution is 0.596. The van der Waals surface area contributed by atoms with E-state index in [1.54, 1.807) is 18.2 Å². The highest BCUT2D eigenvalue weighted by molar-refractivity contribution is 7.91. The van der Waals surface area contributed by atoms with Crippen LogP contribution in [-0.2, 0) is 9.84 Å². The summed E-state index contributed by atoms with van der Waals surface area (Å²) in [5.41, 5.74) is 0.824. The maximum atomic E-state index is 13.0. The monoisotopic (exact) mass is 304 g/mol. The number of benzene rings is 2. The fraction of sp³-hybridized carbons (Fsp3) is 0.133. The molecule has 6 heteroatoms. The van der Waals surface area contributed by atoms with E-state index in [0.29, 0.717) is 11.3 Å². The second-order valence-corrected chi connectivity index (χ2v) is 6.50. The lowest BCUT2D eigenvalue weighted by Gasteiger charge is -2.08. The molecule has 0 aliphatic heterocycles. The van der Waals surface area contributed by atoms with Gasteiger partial charge < -0.3 is 5.32 Å². The minimum absolute atomic E-state index is 0.114. The third-order valence-electron chi connectivity index (χ3n) is 2.85. The summed E-state index contributed by atoms with van der Waals surface area (Å²) in [5.74, 6) is -0.525. The van der Waals surface area contributed by atoms with Crippen LogP contribution < -0.4 is 5.32 Å². The molecule has 0 heterocycles. The normalized spacial score (nSPS) is 10.9. The third kappa shape index (κ3) is 4.04. The zero-order valence-electron chi connectivity index (χ0n) is 11.1. The summed E-state index contributed by atoms with van der Waals surface area (Å²) >= 11 is 0. The molecule has 0 saturated heterocycles. The van der Waals surface area contributed by atoms with Gasteiger partial charge in [0.1, 0.15) is 5.82 Å². The minimum Gasteiger partial charge on any atom is -0.384 e. The molecular weight excluding hydrogens is 291 g/mol. The number of nitrogens with zero attached hydrogens (tertiary/aromatic N) is 1. The average molecular weight is 304 g/mol. The van der Waals surface area contributed by atoms with Crippen molar-refractivity contribution in [2.75, 3.05) is 17.6 Å². The lowest BCUT2D eigenvalue weighted by atomic mass is 10.2. The van der Waals surface area contributed by atoms with Crippen molar-refractivity contribution in [3.05, 3.63) is 59.9 Å². The van der Waals surface area contributed by atoms with Gasteiger partial charge in [-0.3, -0.25) is 0 Å². The first kappa shape index (κ1) is 15.0. The van der Waals surface area contributed by atoms with E-state index in [4.69, 9.17) is 5.26 Å². The van der Waals surface area contributed by atoms with Gasteiger partial charge in [-0.1, -0.05) is 12.1 Å². The molecule has 2 aromatic rings. The predicted molar refractivity (Wildman–Crippen MR) is 78.1 cm³/mol. The molecule has 0 unspecified atom stereocenters. The van der Waals surface area contributed by atoms with Crippen LogP contribution in [0.25, 0.3) is 0 Å². The first-order chi connectivity index (χ1) is 10.0. The molecule has 1 N–H and O–H groups in total. The summed E-state index contributed by atoms with van der Waals surface area (Å²) in [4.78, 5) is 0.114. The first-order valence-corrected chi connectivity index (χ1v) is 7.89. The number of nitrogens with one attached hydrogen (secondary N) is 1. The van der Waals surface area contributed by atoms with Crippen molar-refractivity contribution in [1.29, 1.82) is 5.26 Å². The second-order valence-electron chi connectivity index (χ2n) is 4.40. The topological polar surface area (TPSA) is 70.0 Å². The van der Waals surface area contributed by atoms with E-state index in [1.807, 2.05) is 6.07 Å². The van der Waals surface area contributed by atoms with Crippen LogP contribution in [0.3, 0.4) is 0 Å². The zero-order valence-corrected chi connectivity index (χ0v) is 11.9. The largest absolute Gasteiger partial charge is 0.384 e. The van der Waals surface area contributed by atoms with Crippen LogP contribution in [0.2, 0.25) is 0 Å². The maximum Gasteiger partial charge on any atom is 0.180 e. The molecule has 2 aromatic carbocycles. The summed E-state index contributed by atoms with van der Waals surface area (Å²) in [7, 11) is -3.48. The van der Waals surface area contributed by atoms with E-state index >= 15 is 0 Å². The molecule has 0 radical (unpaired) electrons. The molecule has 0 fully saturated rings. The summed E-state index contributed by atoms with van der Waals surface area (Å²) in [6.07, 6.45) is 0. The molecule has 0 bridgehead atoms. The standard InChI is InChI=1S/C15H13FN2O2S/c16-13-4-2-5-14(10-13)18-7-8-21(19,20)15-6-1-3-12(9-15)11-17/h1-6,9-10,18H,7-8H2. The van der Waals surface area contributed by atoms with Crippen LogP contribution in [0.5, 0.6) is 0 Å². The van der Waals surface area contributed by atoms with Crippen LogP contribution in [0.15, 0.2) is 53.4 Å². The molecule has 4 nitrogen and oxygen atoms in total. The Morgan fingerprint density at radius 2 is 1.90 bits per heavy atom. The Hall–Kier alpha value is -2.39. The lowest BCUT2D eigenvalue weighted by Crippen LogP contribution is -2.16. The summed E-state index contributed by atoms with van der Waals surface area (Å²) < 4.78 is 37.3. The van der Waals surface area contributed by atoms with Gasteiger partial charge in [0, 0.05) is 12.2 Å². The zero-order chi connectivity index (χ0) is 15.3. The molecule has 0 aliphatic carbocycles. The van der Waals surface area contributed by atoms with Crippen molar-refractivity contribution >= 4 is 15.5 Å². The number of anilines is 1. The van der Waals surface area contributed by atoms with Gasteiger partial charge in [0.2, 0.25) is 0 Å². The van der Waals surface area contributed by atoms with E-state index in [0.717, 1.165) is 0 Å². The van der Waals surface area contributed by atoms with Gasteiger partial charge in [-0.05, 0) is 36.4 Å². The highest BCUT2D eigenvalue weighted by Crippen LogP contribution is 2.14. The Morgan fingerprint density at radius 1 is 1.14 bits per heavy atom. The first-order valence-electron chi connectivity index (χ1n) is 6.24. The van der Waals surface area contributed by atoms with Crippen molar-refractivity contribution in [1.82, 2.24) is 0 Å². The summed E-state index contributed by atoms with van der Waals surface area (Å²) in [6.45, 7) is 0.155. The summed E-state index contributed by atoms with van der Waals surface area (Å²) in [5, 5.41) is 11.6. The van der Waals surface area contributed by atoms with E-state index in [-0.39, 0.29) is 23.0 Å². The van der Waals surface area contributed by atoms with Gasteiger partial charge in [-0.2, -0.15) is 5.26 Å². The van der Waals surface area contributed by atoms with Gasteiger partial charge in [0.15, 0.2) is 9.84 Å². The number of rotatable bonds is 5. The van der Waals surface area contributed by atoms with Gasteiger partial charge in [0.25, 0.3) is 0 Å². The molecule has 2 rings (SSSR count). The third-order valence-corrected chi connectivity index (χ3v) is 4.56. The summed E-state index contributed by atoms with van der Waals surface area (Å²) in [6, 6.07) is 13.6. The molecule has 21 heavy (non-hydrogen) atoms. The van der Waals surface area contributed by atoms with Crippen LogP contribution in [0.1, 0.15) is 5.56 Å². The Balaban J connectivity index is 2.03. The average Bonchev–Trinajstić information content (AvgIpc) is 2.47. The fourth-order valence-corrected chi connectivity index (χ4v) is 3.00. The van der Waals surface area contributed by atoms with E-state index in [2.05, 4.69) is 5.32 Å². The van der Waals surface area contributed by atoms with Crippen molar-refractivity contribution in [2.24, 2.45) is 0 Å². The van der Waals surface area contributed by atoms with Crippen molar-refractivity contribution in [3.63, 3.8) is 0 Å². The predicted octanol–water partition coefficient (Wildman–Crippen LogP) is 2.58. The van der Waals surface area contributed by atoms with E-state index in [9.17, 15) is 12.8 Å². The molecule has 0 amide bonds. The number of hydrogen-bond donors (Lipinski definition) is 1. The maximum absolute atomic E-state index is 13.0. The van der Waals surface area contributed by atoms with Gasteiger partial charge in [-0.15, -0.1) is 0 Å². The number of sulfone groups is 1. The smallest absolute Gasteiger partial charge is 0.180 e. The molecular formula is C15H13FN2O2S. The Morgan fingerprint density at radius 3 is 2.62 bits per heavy atom. The molecule has 0 saturated carbocycles. The highest BCUT2D eigenvalue weighted by atomic mass is 32.2. The Labute approximate surface area is 122 Å². The molecule has 108 valence electrons. The quantitative estimate of drug-likeness (QED) is 0.921. The Kier molecular flexibility index (Phi) is 4.55. The number of hydrogen-bond acceptors (Lipinski definition) is 4. The van der Waals surface area contributed by atoms with Gasteiger partial charge >= 0.3 is 0 Å². The van der Waals surface area contributed by atoms with Crippen LogP contribution >= 0.6 is 0 Å². The second kappa shape index (κ2) is 6.37. The molecule has 0 aliphatic rings. The Bertz CT molecular complexity index is 782.